The molecule has 7 heteroatoms. The Morgan fingerprint density at radius 2 is 2.35 bits per heavy atom. The van der Waals surface area contributed by atoms with Gasteiger partial charge in [0, 0.05) is 6.54 Å². The smallest absolute Gasteiger partial charge is 0.276 e. The number of aliphatic hydroxyl groups excluding tert-OH is 1. The van der Waals surface area contributed by atoms with Crippen molar-refractivity contribution in [2.75, 3.05) is 11.9 Å². The van der Waals surface area contributed by atoms with E-state index < -0.39 is 11.0 Å². The second-order valence-electron chi connectivity index (χ2n) is 3.61. The van der Waals surface area contributed by atoms with E-state index in [1.54, 1.807) is 0 Å². The van der Waals surface area contributed by atoms with Gasteiger partial charge in [0.15, 0.2) is 0 Å². The predicted octanol–water partition coefficient (Wildman–Crippen LogP) is 2.22. The second kappa shape index (κ2) is 6.36. The van der Waals surface area contributed by atoms with Crippen molar-refractivity contribution in [2.45, 2.75) is 25.9 Å². The number of nitro groups is 1. The summed E-state index contributed by atoms with van der Waals surface area (Å²) in [5.41, 5.74) is -0.127. The molecule has 0 aliphatic heterocycles. The molecule has 0 fully saturated rings. The third-order valence-electron chi connectivity index (χ3n) is 2.13. The van der Waals surface area contributed by atoms with Crippen LogP contribution in [-0.2, 0) is 0 Å². The Morgan fingerprint density at radius 3 is 2.94 bits per heavy atom. The molecule has 0 radical (unpaired) electrons. The number of nitrogens with one attached hydrogen (secondary N) is 1. The summed E-state index contributed by atoms with van der Waals surface area (Å²) in [5.74, 6) is 0.291. The monoisotopic (exact) mass is 259 g/mol. The molecule has 1 unspecified atom stereocenters. The van der Waals surface area contributed by atoms with Gasteiger partial charge in [-0.3, -0.25) is 10.1 Å². The van der Waals surface area contributed by atoms with Crippen molar-refractivity contribution in [3.05, 3.63) is 27.4 Å². The molecule has 1 atom stereocenters. The molecule has 0 spiro atoms. The summed E-state index contributed by atoms with van der Waals surface area (Å²) in [4.78, 5) is 13.9. The van der Waals surface area contributed by atoms with Crippen LogP contribution in [0.1, 0.15) is 19.8 Å². The first-order chi connectivity index (χ1) is 8.02. The van der Waals surface area contributed by atoms with Crippen LogP contribution in [-0.4, -0.2) is 27.7 Å². The first kappa shape index (κ1) is 13.7. The van der Waals surface area contributed by atoms with Gasteiger partial charge >= 0.3 is 0 Å². The molecule has 1 aromatic rings. The van der Waals surface area contributed by atoms with Gasteiger partial charge in [0.25, 0.3) is 5.69 Å². The Kier molecular flexibility index (Phi) is 5.11. The van der Waals surface area contributed by atoms with E-state index >= 15 is 0 Å². The van der Waals surface area contributed by atoms with E-state index in [0.717, 1.165) is 6.42 Å². The Bertz CT molecular complexity index is 400. The standard InChI is InChI=1S/C10H14ClN3O3/c1-2-3-8(15)6-12-10-5-7(14(16)17)4-9(11)13-10/h4-5,8,15H,2-3,6H2,1H3,(H,12,13). The molecule has 0 bridgehead atoms. The lowest BCUT2D eigenvalue weighted by atomic mass is 10.2. The van der Waals surface area contributed by atoms with Gasteiger partial charge < -0.3 is 10.4 Å². The van der Waals surface area contributed by atoms with E-state index in [2.05, 4.69) is 10.3 Å². The van der Waals surface area contributed by atoms with Crippen LogP contribution in [0.5, 0.6) is 0 Å². The van der Waals surface area contributed by atoms with Gasteiger partial charge in [-0.15, -0.1) is 0 Å². The van der Waals surface area contributed by atoms with Crippen LogP contribution < -0.4 is 5.32 Å². The zero-order valence-electron chi connectivity index (χ0n) is 9.39. The quantitative estimate of drug-likeness (QED) is 0.465. The topological polar surface area (TPSA) is 88.3 Å². The van der Waals surface area contributed by atoms with Crippen molar-refractivity contribution in [1.29, 1.82) is 0 Å². The van der Waals surface area contributed by atoms with Gasteiger partial charge in [0.2, 0.25) is 0 Å². The largest absolute Gasteiger partial charge is 0.391 e. The Hall–Kier alpha value is -1.40. The highest BCUT2D eigenvalue weighted by Gasteiger charge is 2.11. The highest BCUT2D eigenvalue weighted by atomic mass is 35.5. The van der Waals surface area contributed by atoms with Crippen LogP contribution >= 0.6 is 11.6 Å². The van der Waals surface area contributed by atoms with Crippen LogP contribution in [0.3, 0.4) is 0 Å². The number of aromatic nitrogens is 1. The van der Waals surface area contributed by atoms with Gasteiger partial charge in [-0.1, -0.05) is 24.9 Å². The summed E-state index contributed by atoms with van der Waals surface area (Å²) in [6.45, 7) is 2.25. The molecule has 0 saturated heterocycles. The van der Waals surface area contributed by atoms with Crippen molar-refractivity contribution in [2.24, 2.45) is 0 Å². The number of halogens is 1. The van der Waals surface area contributed by atoms with Crippen LogP contribution in [0.25, 0.3) is 0 Å². The zero-order chi connectivity index (χ0) is 12.8. The van der Waals surface area contributed by atoms with Crippen LogP contribution in [0.4, 0.5) is 11.5 Å². The minimum absolute atomic E-state index is 0.0479. The number of aliphatic hydroxyl groups is 1. The molecular weight excluding hydrogens is 246 g/mol. The SMILES string of the molecule is CCCC(O)CNc1cc([N+](=O)[O-])cc(Cl)n1. The summed E-state index contributed by atoms with van der Waals surface area (Å²) in [5, 5.41) is 23.0. The number of rotatable bonds is 6. The highest BCUT2D eigenvalue weighted by Crippen LogP contribution is 2.20. The molecule has 0 aliphatic carbocycles. The van der Waals surface area contributed by atoms with Crippen molar-refractivity contribution in [3.8, 4) is 0 Å². The second-order valence-corrected chi connectivity index (χ2v) is 4.00. The Morgan fingerprint density at radius 1 is 1.65 bits per heavy atom. The third kappa shape index (κ3) is 4.54. The highest BCUT2D eigenvalue weighted by molar-refractivity contribution is 6.29. The number of pyridine rings is 1. The molecule has 0 amide bonds. The van der Waals surface area contributed by atoms with E-state index in [9.17, 15) is 15.2 Å². The molecule has 1 rings (SSSR count). The molecule has 0 saturated carbocycles. The first-order valence-corrected chi connectivity index (χ1v) is 5.64. The predicted molar refractivity (Wildman–Crippen MR) is 65.3 cm³/mol. The average molecular weight is 260 g/mol. The molecule has 2 N–H and O–H groups in total. The number of nitrogens with zero attached hydrogens (tertiary/aromatic N) is 2. The molecule has 1 heterocycles. The summed E-state index contributed by atoms with van der Waals surface area (Å²) < 4.78 is 0. The van der Waals surface area contributed by atoms with Gasteiger partial charge in [-0.2, -0.15) is 0 Å². The average Bonchev–Trinajstić information content (AvgIpc) is 2.26. The third-order valence-corrected chi connectivity index (χ3v) is 2.32. The lowest BCUT2D eigenvalue weighted by Crippen LogP contribution is -2.19. The zero-order valence-corrected chi connectivity index (χ0v) is 10.1. The minimum Gasteiger partial charge on any atom is -0.391 e. The molecule has 17 heavy (non-hydrogen) atoms. The maximum Gasteiger partial charge on any atom is 0.276 e. The summed E-state index contributed by atoms with van der Waals surface area (Å²) in [7, 11) is 0. The fourth-order valence-electron chi connectivity index (χ4n) is 1.34. The molecule has 6 nitrogen and oxygen atoms in total. The summed E-state index contributed by atoms with van der Waals surface area (Å²) >= 11 is 5.65. The van der Waals surface area contributed by atoms with E-state index in [-0.39, 0.29) is 10.8 Å². The van der Waals surface area contributed by atoms with Crippen molar-refractivity contribution >= 4 is 23.1 Å². The van der Waals surface area contributed by atoms with Crippen molar-refractivity contribution < 1.29 is 10.0 Å². The number of hydrogen-bond acceptors (Lipinski definition) is 5. The normalized spacial score (nSPS) is 12.2. The molecule has 1 aromatic heterocycles. The molecular formula is C10H14ClN3O3. The van der Waals surface area contributed by atoms with E-state index in [0.29, 0.717) is 18.8 Å². The molecule has 94 valence electrons. The van der Waals surface area contributed by atoms with Crippen LogP contribution in [0.2, 0.25) is 5.15 Å². The van der Waals surface area contributed by atoms with Crippen molar-refractivity contribution in [3.63, 3.8) is 0 Å². The summed E-state index contributed by atoms with van der Waals surface area (Å²) in [6.07, 6.45) is 1.03. The minimum atomic E-state index is -0.540. The van der Waals surface area contributed by atoms with E-state index in [1.165, 1.54) is 12.1 Å². The Balaban J connectivity index is 2.68. The Labute approximate surface area is 104 Å². The van der Waals surface area contributed by atoms with E-state index in [1.807, 2.05) is 6.92 Å². The van der Waals surface area contributed by atoms with Gasteiger partial charge in [-0.05, 0) is 6.42 Å². The van der Waals surface area contributed by atoms with E-state index in [4.69, 9.17) is 11.6 Å². The molecule has 0 aromatic carbocycles. The molecule has 0 aliphatic rings. The number of hydrogen-bond donors (Lipinski definition) is 2. The van der Waals surface area contributed by atoms with Gasteiger partial charge in [0.1, 0.15) is 11.0 Å². The fourth-order valence-corrected chi connectivity index (χ4v) is 1.54. The lowest BCUT2D eigenvalue weighted by Gasteiger charge is -2.11. The number of anilines is 1. The van der Waals surface area contributed by atoms with Crippen LogP contribution in [0, 0.1) is 10.1 Å². The lowest BCUT2D eigenvalue weighted by molar-refractivity contribution is -0.384. The van der Waals surface area contributed by atoms with Crippen molar-refractivity contribution in [1.82, 2.24) is 4.98 Å². The van der Waals surface area contributed by atoms with Crippen LogP contribution in [0.15, 0.2) is 12.1 Å². The fraction of sp³-hybridized carbons (Fsp3) is 0.500. The maximum atomic E-state index is 10.6. The van der Waals surface area contributed by atoms with Gasteiger partial charge in [-0.25, -0.2) is 4.98 Å². The maximum absolute atomic E-state index is 10.6. The summed E-state index contributed by atoms with van der Waals surface area (Å²) in [6, 6.07) is 2.46. The first-order valence-electron chi connectivity index (χ1n) is 5.27. The van der Waals surface area contributed by atoms with Gasteiger partial charge in [0.05, 0.1) is 23.2 Å².